The van der Waals surface area contributed by atoms with Gasteiger partial charge in [0.15, 0.2) is 0 Å². The van der Waals surface area contributed by atoms with Crippen molar-refractivity contribution in [3.05, 3.63) is 41.6 Å². The number of nitrogens with one attached hydrogen (secondary N) is 1. The summed E-state index contributed by atoms with van der Waals surface area (Å²) in [6.45, 7) is 2.03. The number of benzene rings is 1. The first-order chi connectivity index (χ1) is 8.65. The number of nitrogens with two attached hydrogens (primary N) is 1. The molecule has 2 rings (SSSR count). The molecule has 0 radical (unpaired) electrons. The second-order valence-electron chi connectivity index (χ2n) is 3.91. The largest absolute Gasteiger partial charge is 0.449 e. The molecule has 1 heterocycles. The molecule has 1 aliphatic heterocycles. The van der Waals surface area contributed by atoms with Gasteiger partial charge < -0.3 is 10.5 Å². The van der Waals surface area contributed by atoms with E-state index >= 15 is 0 Å². The lowest BCUT2D eigenvalue weighted by molar-refractivity contribution is 0.117. The normalized spacial score (nSPS) is 17.2. The van der Waals surface area contributed by atoms with Crippen molar-refractivity contribution in [2.75, 3.05) is 6.61 Å². The Kier molecular flexibility index (Phi) is 3.32. The van der Waals surface area contributed by atoms with Gasteiger partial charge in [-0.05, 0) is 24.1 Å². The molecule has 1 aromatic rings. The second kappa shape index (κ2) is 4.91. The molecule has 0 saturated heterocycles. The number of hydrogen-bond acceptors (Lipinski definition) is 3. The van der Waals surface area contributed by atoms with E-state index in [9.17, 15) is 4.79 Å². The van der Waals surface area contributed by atoms with Crippen molar-refractivity contribution in [1.29, 1.82) is 5.41 Å². The van der Waals surface area contributed by atoms with Crippen molar-refractivity contribution in [2.24, 2.45) is 5.73 Å². The fraction of sp³-hybridized carbons (Fsp3) is 0.231. The van der Waals surface area contributed by atoms with E-state index in [1.807, 2.05) is 30.3 Å². The highest BCUT2D eigenvalue weighted by Gasteiger charge is 2.30. The molecule has 5 nitrogen and oxygen atoms in total. The highest BCUT2D eigenvalue weighted by atomic mass is 16.6. The third-order valence-electron chi connectivity index (χ3n) is 2.76. The molecule has 3 N–H and O–H groups in total. The lowest BCUT2D eigenvalue weighted by atomic mass is 9.96. The zero-order valence-electron chi connectivity index (χ0n) is 10.1. The summed E-state index contributed by atoms with van der Waals surface area (Å²) < 4.78 is 4.96. The number of ether oxygens (including phenoxy) is 1. The van der Waals surface area contributed by atoms with Crippen LogP contribution in [0, 0.1) is 5.41 Å². The molecule has 18 heavy (non-hydrogen) atoms. The third kappa shape index (κ3) is 2.07. The summed E-state index contributed by atoms with van der Waals surface area (Å²) in [5.74, 6) is -0.0835. The van der Waals surface area contributed by atoms with Crippen LogP contribution in [0.4, 0.5) is 4.79 Å². The maximum atomic E-state index is 11.8. The smallest absolute Gasteiger partial charge is 0.414 e. The number of carbonyl (C=O) groups is 1. The van der Waals surface area contributed by atoms with E-state index in [2.05, 4.69) is 0 Å². The molecule has 1 aliphatic rings. The second-order valence-corrected chi connectivity index (χ2v) is 3.91. The van der Waals surface area contributed by atoms with Crippen LogP contribution in [-0.4, -0.2) is 23.4 Å². The first-order valence-corrected chi connectivity index (χ1v) is 5.71. The van der Waals surface area contributed by atoms with Crippen molar-refractivity contribution in [3.8, 4) is 0 Å². The van der Waals surface area contributed by atoms with Gasteiger partial charge in [0.05, 0.1) is 6.61 Å². The van der Waals surface area contributed by atoms with Crippen LogP contribution >= 0.6 is 0 Å². The van der Waals surface area contributed by atoms with Crippen molar-refractivity contribution < 1.29 is 9.53 Å². The van der Waals surface area contributed by atoms with Gasteiger partial charge in [0.1, 0.15) is 11.9 Å². The van der Waals surface area contributed by atoms with Crippen LogP contribution in [-0.2, 0) is 4.74 Å². The highest BCUT2D eigenvalue weighted by molar-refractivity contribution is 5.90. The minimum absolute atomic E-state index is 0.0835. The van der Waals surface area contributed by atoms with Gasteiger partial charge in [-0.15, -0.1) is 0 Å². The van der Waals surface area contributed by atoms with Gasteiger partial charge in [0.2, 0.25) is 0 Å². The van der Waals surface area contributed by atoms with Crippen LogP contribution in [0.25, 0.3) is 6.08 Å². The summed E-state index contributed by atoms with van der Waals surface area (Å²) >= 11 is 0. The lowest BCUT2D eigenvalue weighted by Gasteiger charge is -2.31. The number of hydrogen-bond donors (Lipinski definition) is 2. The minimum atomic E-state index is -0.592. The van der Waals surface area contributed by atoms with Gasteiger partial charge in [-0.3, -0.25) is 10.3 Å². The summed E-state index contributed by atoms with van der Waals surface area (Å²) in [6.07, 6.45) is 2.92. The molecule has 0 saturated carbocycles. The van der Waals surface area contributed by atoms with Gasteiger partial charge >= 0.3 is 6.09 Å². The van der Waals surface area contributed by atoms with E-state index in [1.54, 1.807) is 13.1 Å². The molecule has 94 valence electrons. The molecule has 1 amide bonds. The van der Waals surface area contributed by atoms with E-state index in [0.717, 1.165) is 11.1 Å². The predicted molar refractivity (Wildman–Crippen MR) is 69.0 cm³/mol. The molecular weight excluding hydrogens is 230 g/mol. The van der Waals surface area contributed by atoms with Gasteiger partial charge in [-0.2, -0.15) is 0 Å². The van der Waals surface area contributed by atoms with Crippen molar-refractivity contribution in [2.45, 2.75) is 13.0 Å². The Balaban J connectivity index is 2.41. The Bertz CT molecular complexity index is 511. The number of amides is 1. The molecule has 0 spiro atoms. The molecule has 5 heteroatoms. The molecule has 0 fully saturated rings. The molecule has 0 unspecified atom stereocenters. The molecule has 0 aliphatic carbocycles. The fourth-order valence-corrected chi connectivity index (χ4v) is 1.99. The van der Waals surface area contributed by atoms with Crippen LogP contribution in [0.3, 0.4) is 0 Å². The van der Waals surface area contributed by atoms with E-state index in [1.165, 1.54) is 4.90 Å². The topological polar surface area (TPSA) is 79.4 Å². The fourth-order valence-electron chi connectivity index (χ4n) is 1.99. The average molecular weight is 245 g/mol. The van der Waals surface area contributed by atoms with Gasteiger partial charge in [0.25, 0.3) is 0 Å². The zero-order chi connectivity index (χ0) is 13.1. The van der Waals surface area contributed by atoms with E-state index in [-0.39, 0.29) is 12.4 Å². The molecule has 0 aromatic heterocycles. The summed E-state index contributed by atoms with van der Waals surface area (Å²) in [6, 6.07) is 6.95. The highest BCUT2D eigenvalue weighted by Crippen LogP contribution is 2.30. The van der Waals surface area contributed by atoms with Crippen LogP contribution < -0.4 is 5.73 Å². The number of amidine groups is 1. The lowest BCUT2D eigenvalue weighted by Crippen LogP contribution is -2.40. The third-order valence-corrected chi connectivity index (χ3v) is 2.76. The zero-order valence-corrected chi connectivity index (χ0v) is 10.1. The van der Waals surface area contributed by atoms with Crippen LogP contribution in [0.2, 0.25) is 0 Å². The monoisotopic (exact) mass is 245 g/mol. The average Bonchev–Trinajstić information content (AvgIpc) is 2.37. The van der Waals surface area contributed by atoms with Gasteiger partial charge in [-0.25, -0.2) is 4.79 Å². The first kappa shape index (κ1) is 12.2. The number of fused-ring (bicyclic) bond motifs is 1. The SMILES string of the molecule is CCOC(=O)N1C=Cc2ccccc2[C@@H]1C(=N)N. The summed E-state index contributed by atoms with van der Waals surface area (Å²) in [7, 11) is 0. The minimum Gasteiger partial charge on any atom is -0.449 e. The quantitative estimate of drug-likeness (QED) is 0.618. The Hall–Kier alpha value is -2.30. The van der Waals surface area contributed by atoms with E-state index < -0.39 is 12.1 Å². The Morgan fingerprint density at radius 1 is 1.50 bits per heavy atom. The van der Waals surface area contributed by atoms with E-state index in [4.69, 9.17) is 15.9 Å². The van der Waals surface area contributed by atoms with Crippen molar-refractivity contribution in [3.63, 3.8) is 0 Å². The van der Waals surface area contributed by atoms with Crippen molar-refractivity contribution in [1.82, 2.24) is 4.90 Å². The molecule has 1 atom stereocenters. The number of rotatable bonds is 2. The summed E-state index contributed by atoms with van der Waals surface area (Å²) in [5.41, 5.74) is 7.40. The molecular formula is C13H15N3O2. The van der Waals surface area contributed by atoms with Gasteiger partial charge in [-0.1, -0.05) is 24.3 Å². The Labute approximate surface area is 105 Å². The summed E-state index contributed by atoms with van der Waals surface area (Å²) in [4.78, 5) is 13.2. The first-order valence-electron chi connectivity index (χ1n) is 5.71. The Morgan fingerprint density at radius 2 is 2.22 bits per heavy atom. The van der Waals surface area contributed by atoms with Crippen LogP contribution in [0.15, 0.2) is 30.5 Å². The standard InChI is InChI=1S/C13H15N3O2/c1-2-18-13(17)16-8-7-9-5-3-4-6-10(9)11(16)12(14)15/h3-8,11H,2H2,1H3,(H3,14,15)/t11-/m1/s1. The number of carbonyl (C=O) groups excluding carboxylic acids is 1. The van der Waals surface area contributed by atoms with E-state index in [0.29, 0.717) is 0 Å². The van der Waals surface area contributed by atoms with Crippen LogP contribution in [0.5, 0.6) is 0 Å². The van der Waals surface area contributed by atoms with Crippen molar-refractivity contribution >= 4 is 18.0 Å². The predicted octanol–water partition coefficient (Wildman–Crippen LogP) is 2.11. The molecule has 0 bridgehead atoms. The maximum Gasteiger partial charge on any atom is 0.414 e. The van der Waals surface area contributed by atoms with Gasteiger partial charge in [0, 0.05) is 6.20 Å². The Morgan fingerprint density at radius 3 is 2.89 bits per heavy atom. The summed E-state index contributed by atoms with van der Waals surface area (Å²) in [5, 5.41) is 7.67. The molecule has 1 aromatic carbocycles. The number of nitrogens with zero attached hydrogens (tertiary/aromatic N) is 1. The van der Waals surface area contributed by atoms with Crippen LogP contribution in [0.1, 0.15) is 24.1 Å². The maximum absolute atomic E-state index is 11.8.